The van der Waals surface area contributed by atoms with E-state index in [2.05, 4.69) is 14.8 Å². The van der Waals surface area contributed by atoms with E-state index in [1.165, 1.54) is 18.5 Å². The first-order valence-corrected chi connectivity index (χ1v) is 8.07. The number of rotatable bonds is 6. The van der Waals surface area contributed by atoms with Crippen LogP contribution in [0.4, 0.5) is 0 Å². The number of aromatic nitrogens is 3. The Kier molecular flexibility index (Phi) is 4.03. The van der Waals surface area contributed by atoms with Crippen molar-refractivity contribution < 1.29 is 12.8 Å². The molecule has 7 nitrogen and oxygen atoms in total. The van der Waals surface area contributed by atoms with Crippen molar-refractivity contribution in [3.05, 3.63) is 67.1 Å². The molecule has 0 radical (unpaired) electrons. The lowest BCUT2D eigenvalue weighted by Gasteiger charge is -2.16. The lowest BCUT2D eigenvalue weighted by molar-refractivity contribution is 0.402. The highest BCUT2D eigenvalue weighted by atomic mass is 32.2. The molecule has 0 amide bonds. The molecule has 1 N–H and O–H groups in total. The highest BCUT2D eigenvalue weighted by Gasteiger charge is 2.21. The molecule has 0 aliphatic heterocycles. The Morgan fingerprint density at radius 2 is 2.14 bits per heavy atom. The summed E-state index contributed by atoms with van der Waals surface area (Å²) in [5.41, 5.74) is 0. The summed E-state index contributed by atoms with van der Waals surface area (Å²) in [7, 11) is -3.63. The van der Waals surface area contributed by atoms with E-state index in [0.29, 0.717) is 5.76 Å². The Labute approximate surface area is 127 Å². The van der Waals surface area contributed by atoms with Crippen molar-refractivity contribution in [2.24, 2.45) is 0 Å². The van der Waals surface area contributed by atoms with Gasteiger partial charge in [-0.3, -0.25) is 9.67 Å². The van der Waals surface area contributed by atoms with Crippen LogP contribution in [0.2, 0.25) is 0 Å². The summed E-state index contributed by atoms with van der Waals surface area (Å²) in [5.74, 6) is 0.623. The molecular formula is C14H14N4O3S. The first-order chi connectivity index (χ1) is 10.7. The Balaban J connectivity index is 1.81. The van der Waals surface area contributed by atoms with Gasteiger partial charge in [-0.1, -0.05) is 0 Å². The second kappa shape index (κ2) is 6.12. The van der Waals surface area contributed by atoms with Crippen LogP contribution in [0.25, 0.3) is 0 Å². The van der Waals surface area contributed by atoms with Crippen molar-refractivity contribution in [1.29, 1.82) is 0 Å². The summed E-state index contributed by atoms with van der Waals surface area (Å²) in [5, 5.41) is 4.16. The quantitative estimate of drug-likeness (QED) is 0.742. The van der Waals surface area contributed by atoms with Gasteiger partial charge >= 0.3 is 0 Å². The molecule has 0 aliphatic carbocycles. The normalized spacial score (nSPS) is 13.1. The lowest BCUT2D eigenvalue weighted by atomic mass is 10.2. The molecule has 0 bridgehead atoms. The molecule has 3 aromatic heterocycles. The van der Waals surface area contributed by atoms with E-state index in [4.69, 9.17) is 4.42 Å². The summed E-state index contributed by atoms with van der Waals surface area (Å²) in [4.78, 5) is 3.94. The molecule has 3 aromatic rings. The van der Waals surface area contributed by atoms with Crippen LogP contribution in [0, 0.1) is 0 Å². The first kappa shape index (κ1) is 14.5. The lowest BCUT2D eigenvalue weighted by Crippen LogP contribution is -2.31. The Morgan fingerprint density at radius 3 is 2.77 bits per heavy atom. The monoisotopic (exact) mass is 318 g/mol. The average molecular weight is 318 g/mol. The molecule has 114 valence electrons. The second-order valence-corrected chi connectivity index (χ2v) is 6.32. The molecule has 3 rings (SSSR count). The highest BCUT2D eigenvalue weighted by Crippen LogP contribution is 2.18. The van der Waals surface area contributed by atoms with E-state index in [1.807, 2.05) is 0 Å². The van der Waals surface area contributed by atoms with Crippen LogP contribution in [0.3, 0.4) is 0 Å². The van der Waals surface area contributed by atoms with E-state index >= 15 is 0 Å². The molecule has 0 saturated carbocycles. The van der Waals surface area contributed by atoms with Gasteiger partial charge in [0.15, 0.2) is 0 Å². The third kappa shape index (κ3) is 3.07. The number of nitrogens with zero attached hydrogens (tertiary/aromatic N) is 3. The number of hydrogen-bond donors (Lipinski definition) is 1. The Bertz CT molecular complexity index is 765. The van der Waals surface area contributed by atoms with Crippen LogP contribution in [0.5, 0.6) is 0 Å². The van der Waals surface area contributed by atoms with Gasteiger partial charge in [0.05, 0.1) is 6.26 Å². The maximum Gasteiger partial charge on any atom is 0.242 e. The predicted octanol–water partition coefficient (Wildman–Crippen LogP) is 1.44. The smallest absolute Gasteiger partial charge is 0.242 e. The summed E-state index contributed by atoms with van der Waals surface area (Å²) in [6.45, 7) is 0.117. The molecular weight excluding hydrogens is 304 g/mol. The third-order valence-electron chi connectivity index (χ3n) is 3.13. The summed E-state index contributed by atoms with van der Waals surface area (Å²) in [6, 6.07) is 8.01. The van der Waals surface area contributed by atoms with Crippen molar-refractivity contribution in [2.45, 2.75) is 10.9 Å². The van der Waals surface area contributed by atoms with Gasteiger partial charge in [0.1, 0.15) is 16.7 Å². The minimum absolute atomic E-state index is 0.117. The molecule has 0 fully saturated rings. The Hall–Kier alpha value is -2.45. The van der Waals surface area contributed by atoms with Crippen LogP contribution in [0.1, 0.15) is 11.8 Å². The van der Waals surface area contributed by atoms with Gasteiger partial charge in [-0.2, -0.15) is 5.10 Å². The number of hydrogen-bond acceptors (Lipinski definition) is 5. The van der Waals surface area contributed by atoms with Gasteiger partial charge in [0.25, 0.3) is 0 Å². The van der Waals surface area contributed by atoms with Crippen LogP contribution in [0.15, 0.2) is 70.7 Å². The van der Waals surface area contributed by atoms with Crippen molar-refractivity contribution >= 4 is 10.0 Å². The van der Waals surface area contributed by atoms with Crippen molar-refractivity contribution in [3.63, 3.8) is 0 Å². The van der Waals surface area contributed by atoms with Crippen LogP contribution in [-0.2, 0) is 10.0 Å². The first-order valence-electron chi connectivity index (χ1n) is 6.59. The van der Waals surface area contributed by atoms with E-state index < -0.39 is 10.0 Å². The van der Waals surface area contributed by atoms with Crippen LogP contribution in [-0.4, -0.2) is 29.7 Å². The molecule has 3 heterocycles. The number of furan rings is 1. The summed E-state index contributed by atoms with van der Waals surface area (Å²) < 4.78 is 34.1. The standard InChI is InChI=1S/C14H14N4O3S/c19-22(20,12-4-1-6-15-10-12)17-11-13(14-5-2-9-21-14)18-8-3-7-16-18/h1-10,13,17H,11H2. The predicted molar refractivity (Wildman–Crippen MR) is 78.5 cm³/mol. The molecule has 0 spiro atoms. The molecule has 0 saturated heterocycles. The average Bonchev–Trinajstić information content (AvgIpc) is 3.22. The largest absolute Gasteiger partial charge is 0.467 e. The molecule has 8 heteroatoms. The zero-order valence-corrected chi connectivity index (χ0v) is 12.3. The minimum atomic E-state index is -3.63. The van der Waals surface area contributed by atoms with E-state index in [-0.39, 0.29) is 17.5 Å². The highest BCUT2D eigenvalue weighted by molar-refractivity contribution is 7.89. The van der Waals surface area contributed by atoms with Crippen LogP contribution < -0.4 is 4.72 Å². The second-order valence-electron chi connectivity index (χ2n) is 4.56. The molecule has 1 atom stereocenters. The van der Waals surface area contributed by atoms with Crippen LogP contribution >= 0.6 is 0 Å². The zero-order chi connectivity index (χ0) is 15.4. The fourth-order valence-electron chi connectivity index (χ4n) is 2.05. The fourth-order valence-corrected chi connectivity index (χ4v) is 3.05. The minimum Gasteiger partial charge on any atom is -0.467 e. The zero-order valence-electron chi connectivity index (χ0n) is 11.5. The van der Waals surface area contributed by atoms with Crippen molar-refractivity contribution in [1.82, 2.24) is 19.5 Å². The van der Waals surface area contributed by atoms with Gasteiger partial charge in [0, 0.05) is 31.3 Å². The van der Waals surface area contributed by atoms with Gasteiger partial charge in [-0.25, -0.2) is 13.1 Å². The SMILES string of the molecule is O=S(=O)(NCC(c1ccco1)n1cccn1)c1cccnc1. The molecule has 22 heavy (non-hydrogen) atoms. The molecule has 0 aliphatic rings. The van der Waals surface area contributed by atoms with Gasteiger partial charge in [-0.05, 0) is 30.3 Å². The third-order valence-corrected chi connectivity index (χ3v) is 4.54. The molecule has 1 unspecified atom stereocenters. The number of sulfonamides is 1. The summed E-state index contributed by atoms with van der Waals surface area (Å²) >= 11 is 0. The number of nitrogens with one attached hydrogen (secondary N) is 1. The van der Waals surface area contributed by atoms with Crippen molar-refractivity contribution in [3.8, 4) is 0 Å². The van der Waals surface area contributed by atoms with E-state index in [9.17, 15) is 8.42 Å². The maximum atomic E-state index is 12.3. The summed E-state index contributed by atoms with van der Waals surface area (Å²) in [6.07, 6.45) is 7.76. The topological polar surface area (TPSA) is 90.0 Å². The molecule has 0 aromatic carbocycles. The van der Waals surface area contributed by atoms with Crippen molar-refractivity contribution in [2.75, 3.05) is 6.54 Å². The maximum absolute atomic E-state index is 12.3. The van der Waals surface area contributed by atoms with Gasteiger partial charge < -0.3 is 4.42 Å². The number of pyridine rings is 1. The Morgan fingerprint density at radius 1 is 1.23 bits per heavy atom. The van der Waals surface area contributed by atoms with E-state index in [1.54, 1.807) is 47.6 Å². The fraction of sp³-hybridized carbons (Fsp3) is 0.143. The van der Waals surface area contributed by atoms with Gasteiger partial charge in [-0.15, -0.1) is 0 Å². The van der Waals surface area contributed by atoms with Gasteiger partial charge in [0.2, 0.25) is 10.0 Å². The van der Waals surface area contributed by atoms with E-state index in [0.717, 1.165) is 0 Å².